The monoisotopic (exact) mass is 224 g/mol. The molecule has 80 valence electrons. The number of rotatable bonds is 4. The van der Waals surface area contributed by atoms with Crippen molar-refractivity contribution in [2.75, 3.05) is 12.9 Å². The Morgan fingerprint density at radius 2 is 2.27 bits per heavy atom. The van der Waals surface area contributed by atoms with Crippen LogP contribution < -0.4 is 0 Å². The summed E-state index contributed by atoms with van der Waals surface area (Å²) in [5.41, 5.74) is 0. The van der Waals surface area contributed by atoms with E-state index in [9.17, 15) is 9.90 Å². The van der Waals surface area contributed by atoms with E-state index in [0.29, 0.717) is 5.75 Å². The molecule has 0 saturated heterocycles. The summed E-state index contributed by atoms with van der Waals surface area (Å²) < 4.78 is 4.44. The van der Waals surface area contributed by atoms with Crippen molar-refractivity contribution in [3.63, 3.8) is 0 Å². The first kappa shape index (κ1) is 11.7. The fourth-order valence-corrected chi connectivity index (χ4v) is 1.69. The molecule has 1 rings (SSSR count). The molecule has 0 aliphatic heterocycles. The second kappa shape index (κ2) is 6.14. The Balaban J connectivity index is 2.41. The second-order valence-electron chi connectivity index (χ2n) is 2.70. The van der Waals surface area contributed by atoms with Crippen LogP contribution >= 0.6 is 11.8 Å². The summed E-state index contributed by atoms with van der Waals surface area (Å²) in [6.45, 7) is 0. The minimum atomic E-state index is -0.368. The molecule has 1 N–H and O–H groups in total. The smallest absolute Gasteiger partial charge is 0.330 e. The van der Waals surface area contributed by atoms with Crippen molar-refractivity contribution >= 4 is 17.7 Å². The average Bonchev–Trinajstić information content (AvgIpc) is 2.26. The number of benzene rings is 1. The molecule has 3 nitrogen and oxygen atoms in total. The number of thioether (sulfide) groups is 1. The molecule has 0 unspecified atom stereocenters. The molecule has 0 aliphatic rings. The predicted molar refractivity (Wildman–Crippen MR) is 60.0 cm³/mol. The summed E-state index contributed by atoms with van der Waals surface area (Å²) in [6.07, 6.45) is 3.07. The lowest BCUT2D eigenvalue weighted by Gasteiger charge is -2.00. The molecular formula is C11H12O3S. The quantitative estimate of drug-likeness (QED) is 0.484. The molecule has 1 aromatic carbocycles. The van der Waals surface area contributed by atoms with Gasteiger partial charge in [0.05, 0.1) is 7.11 Å². The van der Waals surface area contributed by atoms with Crippen LogP contribution in [-0.2, 0) is 9.53 Å². The van der Waals surface area contributed by atoms with Gasteiger partial charge >= 0.3 is 5.97 Å². The second-order valence-corrected chi connectivity index (χ2v) is 3.77. The van der Waals surface area contributed by atoms with Crippen molar-refractivity contribution in [1.82, 2.24) is 0 Å². The maximum Gasteiger partial charge on any atom is 0.330 e. The number of hydrogen-bond acceptors (Lipinski definition) is 4. The lowest BCUT2D eigenvalue weighted by molar-refractivity contribution is -0.134. The van der Waals surface area contributed by atoms with Crippen LogP contribution in [0.1, 0.15) is 0 Å². The molecule has 0 fully saturated rings. The van der Waals surface area contributed by atoms with E-state index in [0.717, 1.165) is 4.90 Å². The molecule has 0 aliphatic carbocycles. The molecule has 0 saturated carbocycles. The van der Waals surface area contributed by atoms with Crippen molar-refractivity contribution < 1.29 is 14.6 Å². The zero-order valence-corrected chi connectivity index (χ0v) is 9.16. The van der Waals surface area contributed by atoms with E-state index < -0.39 is 0 Å². The highest BCUT2D eigenvalue weighted by atomic mass is 32.2. The number of esters is 1. The van der Waals surface area contributed by atoms with Crippen LogP contribution in [0.3, 0.4) is 0 Å². The van der Waals surface area contributed by atoms with Gasteiger partial charge < -0.3 is 9.84 Å². The number of aromatic hydroxyl groups is 1. The molecule has 0 radical (unpaired) electrons. The first-order chi connectivity index (χ1) is 7.24. The number of phenols is 1. The number of para-hydroxylation sites is 1. The van der Waals surface area contributed by atoms with Crippen LogP contribution in [0, 0.1) is 0 Å². The van der Waals surface area contributed by atoms with Crippen molar-refractivity contribution in [2.45, 2.75) is 4.90 Å². The lowest BCUT2D eigenvalue weighted by Crippen LogP contribution is -1.93. The zero-order chi connectivity index (χ0) is 11.1. The lowest BCUT2D eigenvalue weighted by atomic mass is 10.3. The predicted octanol–water partition coefficient (Wildman–Crippen LogP) is 2.21. The van der Waals surface area contributed by atoms with Crippen LogP contribution in [-0.4, -0.2) is 23.9 Å². The van der Waals surface area contributed by atoms with Gasteiger partial charge in [-0.2, -0.15) is 0 Å². The normalized spacial score (nSPS) is 10.5. The van der Waals surface area contributed by atoms with E-state index in [1.54, 1.807) is 18.2 Å². The van der Waals surface area contributed by atoms with Crippen LogP contribution in [0.25, 0.3) is 0 Å². The molecule has 0 bridgehead atoms. The summed E-state index contributed by atoms with van der Waals surface area (Å²) in [5, 5.41) is 9.43. The van der Waals surface area contributed by atoms with E-state index >= 15 is 0 Å². The standard InChI is InChI=1S/C11H12O3S/c1-14-11(13)7-4-8-15-10-6-3-2-5-9(10)12/h2-7,12H,8H2,1H3/b7-4+. The van der Waals surface area contributed by atoms with Gasteiger partial charge in [-0.3, -0.25) is 0 Å². The van der Waals surface area contributed by atoms with Crippen molar-refractivity contribution in [1.29, 1.82) is 0 Å². The molecular weight excluding hydrogens is 212 g/mol. The van der Waals surface area contributed by atoms with E-state index in [1.165, 1.54) is 24.9 Å². The highest BCUT2D eigenvalue weighted by Crippen LogP contribution is 2.27. The minimum absolute atomic E-state index is 0.258. The molecule has 15 heavy (non-hydrogen) atoms. The molecule has 0 atom stereocenters. The first-order valence-electron chi connectivity index (χ1n) is 4.39. The first-order valence-corrected chi connectivity index (χ1v) is 5.38. The zero-order valence-electron chi connectivity index (χ0n) is 8.34. The Morgan fingerprint density at radius 3 is 2.93 bits per heavy atom. The van der Waals surface area contributed by atoms with Gasteiger partial charge in [0, 0.05) is 16.7 Å². The number of methoxy groups -OCH3 is 1. The number of carbonyl (C=O) groups is 1. The molecule has 0 heterocycles. The van der Waals surface area contributed by atoms with Crippen LogP contribution in [0.5, 0.6) is 5.75 Å². The van der Waals surface area contributed by atoms with E-state index in [1.807, 2.05) is 12.1 Å². The van der Waals surface area contributed by atoms with E-state index in [2.05, 4.69) is 4.74 Å². The largest absolute Gasteiger partial charge is 0.507 e. The fraction of sp³-hybridized carbons (Fsp3) is 0.182. The maximum atomic E-state index is 10.7. The Bertz CT molecular complexity index is 361. The van der Waals surface area contributed by atoms with Gasteiger partial charge in [0.15, 0.2) is 0 Å². The average molecular weight is 224 g/mol. The number of phenolic OH excluding ortho intramolecular Hbond substituents is 1. The Labute approximate surface area is 92.8 Å². The summed E-state index contributed by atoms with van der Waals surface area (Å²) >= 11 is 1.45. The SMILES string of the molecule is COC(=O)/C=C/CSc1ccccc1O. The van der Waals surface area contributed by atoms with Crippen LogP contribution in [0.4, 0.5) is 0 Å². The maximum absolute atomic E-state index is 10.7. The molecule has 4 heteroatoms. The van der Waals surface area contributed by atoms with Crippen LogP contribution in [0.2, 0.25) is 0 Å². The molecule has 1 aromatic rings. The minimum Gasteiger partial charge on any atom is -0.507 e. The topological polar surface area (TPSA) is 46.5 Å². The number of carbonyl (C=O) groups excluding carboxylic acids is 1. The Morgan fingerprint density at radius 1 is 1.53 bits per heavy atom. The number of hydrogen-bond donors (Lipinski definition) is 1. The van der Waals surface area contributed by atoms with Gasteiger partial charge in [0.25, 0.3) is 0 Å². The summed E-state index contributed by atoms with van der Waals surface area (Å²) in [5.74, 6) is 0.508. The van der Waals surface area contributed by atoms with Gasteiger partial charge in [-0.15, -0.1) is 11.8 Å². The summed E-state index contributed by atoms with van der Waals surface area (Å²) in [7, 11) is 1.34. The van der Waals surface area contributed by atoms with Crippen molar-refractivity contribution in [2.24, 2.45) is 0 Å². The highest BCUT2D eigenvalue weighted by Gasteiger charge is 1.98. The summed E-state index contributed by atoms with van der Waals surface area (Å²) in [4.78, 5) is 11.5. The molecule has 0 aromatic heterocycles. The Hall–Kier alpha value is -1.42. The van der Waals surface area contributed by atoms with Gasteiger partial charge in [-0.05, 0) is 12.1 Å². The molecule has 0 spiro atoms. The van der Waals surface area contributed by atoms with Gasteiger partial charge in [-0.1, -0.05) is 18.2 Å². The number of ether oxygens (including phenoxy) is 1. The third kappa shape index (κ3) is 4.08. The van der Waals surface area contributed by atoms with Crippen molar-refractivity contribution in [3.8, 4) is 5.75 Å². The van der Waals surface area contributed by atoms with Gasteiger partial charge in [-0.25, -0.2) is 4.79 Å². The third-order valence-electron chi connectivity index (χ3n) is 1.66. The van der Waals surface area contributed by atoms with Crippen molar-refractivity contribution in [3.05, 3.63) is 36.4 Å². The van der Waals surface area contributed by atoms with E-state index in [-0.39, 0.29) is 11.7 Å². The van der Waals surface area contributed by atoms with E-state index in [4.69, 9.17) is 0 Å². The summed E-state index contributed by atoms with van der Waals surface area (Å²) in [6, 6.07) is 7.08. The van der Waals surface area contributed by atoms with Crippen LogP contribution in [0.15, 0.2) is 41.3 Å². The third-order valence-corrected chi connectivity index (χ3v) is 2.67. The molecule has 0 amide bonds. The Kier molecular flexibility index (Phi) is 4.77. The van der Waals surface area contributed by atoms with Gasteiger partial charge in [0.1, 0.15) is 5.75 Å². The highest BCUT2D eigenvalue weighted by molar-refractivity contribution is 7.99. The van der Waals surface area contributed by atoms with Gasteiger partial charge in [0.2, 0.25) is 0 Å². The fourth-order valence-electron chi connectivity index (χ4n) is 0.929.